The summed E-state index contributed by atoms with van der Waals surface area (Å²) in [6, 6.07) is 36.0. The molecule has 0 saturated heterocycles. The zero-order chi connectivity index (χ0) is 21.4. The fourth-order valence-corrected chi connectivity index (χ4v) is 6.92. The molecule has 2 aliphatic rings. The van der Waals surface area contributed by atoms with Crippen LogP contribution in [0.25, 0.3) is 44.2 Å². The predicted molar refractivity (Wildman–Crippen MR) is 137 cm³/mol. The highest BCUT2D eigenvalue weighted by molar-refractivity contribution is 7.99. The highest BCUT2D eigenvalue weighted by Gasteiger charge is 2.36. The summed E-state index contributed by atoms with van der Waals surface area (Å²) >= 11 is 1.89. The van der Waals surface area contributed by atoms with Crippen molar-refractivity contribution in [2.75, 3.05) is 0 Å². The van der Waals surface area contributed by atoms with E-state index < -0.39 is 0 Å². The smallest absolute Gasteiger partial charge is 0.0207 e. The second-order valence-corrected chi connectivity index (χ2v) is 10.4. The van der Waals surface area contributed by atoms with Crippen molar-refractivity contribution >= 4 is 22.5 Å². The van der Waals surface area contributed by atoms with Gasteiger partial charge in [0.25, 0.3) is 0 Å². The van der Waals surface area contributed by atoms with Crippen molar-refractivity contribution in [1.29, 1.82) is 0 Å². The molecule has 5 aromatic carbocycles. The molecule has 7 rings (SSSR count). The van der Waals surface area contributed by atoms with Crippen molar-refractivity contribution in [3.05, 3.63) is 108 Å². The van der Waals surface area contributed by atoms with Crippen LogP contribution in [0.5, 0.6) is 0 Å². The second-order valence-electron chi connectivity index (χ2n) is 9.34. The molecule has 0 spiro atoms. The quantitative estimate of drug-likeness (QED) is 0.253. The molecule has 1 aliphatic heterocycles. The van der Waals surface area contributed by atoms with E-state index in [4.69, 9.17) is 0 Å². The average molecular weight is 427 g/mol. The minimum absolute atomic E-state index is 0.0169. The lowest BCUT2D eigenvalue weighted by atomic mass is 9.81. The highest BCUT2D eigenvalue weighted by atomic mass is 32.2. The van der Waals surface area contributed by atoms with Crippen LogP contribution in [-0.4, -0.2) is 0 Å². The van der Waals surface area contributed by atoms with Gasteiger partial charge >= 0.3 is 0 Å². The Morgan fingerprint density at radius 3 is 2.09 bits per heavy atom. The topological polar surface area (TPSA) is 0 Å². The Morgan fingerprint density at radius 1 is 0.500 bits per heavy atom. The fraction of sp³-hybridized carbons (Fsp3) is 0.0968. The van der Waals surface area contributed by atoms with Crippen molar-refractivity contribution in [2.45, 2.75) is 29.1 Å². The lowest BCUT2D eigenvalue weighted by molar-refractivity contribution is 0.660. The van der Waals surface area contributed by atoms with E-state index in [0.717, 1.165) is 0 Å². The summed E-state index contributed by atoms with van der Waals surface area (Å²) in [5, 5.41) is 2.73. The fourth-order valence-electron chi connectivity index (χ4n) is 5.79. The molecule has 1 heteroatoms. The molecule has 152 valence electrons. The summed E-state index contributed by atoms with van der Waals surface area (Å²) in [5.74, 6) is 0. The van der Waals surface area contributed by atoms with Gasteiger partial charge in [-0.25, -0.2) is 0 Å². The Kier molecular flexibility index (Phi) is 3.64. The molecule has 0 nitrogen and oxygen atoms in total. The zero-order valence-electron chi connectivity index (χ0n) is 18.1. The third-order valence-corrected chi connectivity index (χ3v) is 8.43. The Labute approximate surface area is 192 Å². The van der Waals surface area contributed by atoms with Crippen LogP contribution in [0.15, 0.2) is 107 Å². The molecule has 32 heavy (non-hydrogen) atoms. The normalized spacial score (nSPS) is 14.7. The Morgan fingerprint density at radius 2 is 1.19 bits per heavy atom. The van der Waals surface area contributed by atoms with Crippen LogP contribution < -0.4 is 0 Å². The first-order valence-electron chi connectivity index (χ1n) is 11.2. The van der Waals surface area contributed by atoms with E-state index in [0.29, 0.717) is 0 Å². The van der Waals surface area contributed by atoms with Crippen LogP contribution in [0, 0.1) is 0 Å². The van der Waals surface area contributed by atoms with E-state index in [2.05, 4.69) is 111 Å². The van der Waals surface area contributed by atoms with E-state index >= 15 is 0 Å². The van der Waals surface area contributed by atoms with Crippen LogP contribution in [0.1, 0.15) is 25.0 Å². The average Bonchev–Trinajstić information content (AvgIpc) is 3.07. The summed E-state index contributed by atoms with van der Waals surface area (Å²) in [5.41, 5.74) is 11.0. The molecule has 0 saturated carbocycles. The SMILES string of the molecule is CC1(C)c2ccccc2-c2c(-c3ccc4c5c(cccc35)-c3ccccc3S4)cccc21. The molecule has 0 unspecified atom stereocenters. The van der Waals surface area contributed by atoms with Gasteiger partial charge in [0.2, 0.25) is 0 Å². The Hall–Kier alpha value is -3.29. The van der Waals surface area contributed by atoms with E-state index in [1.807, 2.05) is 11.8 Å². The van der Waals surface area contributed by atoms with Crippen molar-refractivity contribution < 1.29 is 0 Å². The summed E-state index contributed by atoms with van der Waals surface area (Å²) < 4.78 is 0. The largest absolute Gasteiger partial charge is 0.0888 e. The molecule has 0 radical (unpaired) electrons. The third kappa shape index (κ3) is 2.29. The molecule has 1 heterocycles. The maximum absolute atomic E-state index is 2.35. The van der Waals surface area contributed by atoms with E-state index in [1.54, 1.807) is 0 Å². The summed E-state index contributed by atoms with van der Waals surface area (Å²) in [6.07, 6.45) is 0. The minimum Gasteiger partial charge on any atom is -0.0888 e. The van der Waals surface area contributed by atoms with Gasteiger partial charge in [0.1, 0.15) is 0 Å². The highest BCUT2D eigenvalue weighted by Crippen LogP contribution is 2.54. The maximum Gasteiger partial charge on any atom is 0.0207 e. The standard InChI is InChI=1S/C31H22S/c1-31(2)25-14-5-3-10-24(25)29-21(13-8-15-26(29)31)19-17-18-28-30-22(19)11-7-12-23(30)20-9-4-6-16-27(20)32-28/h3-18H,1-2H3. The van der Waals surface area contributed by atoms with Crippen molar-refractivity contribution in [3.8, 4) is 33.4 Å². The number of fused-ring (bicyclic) bond motifs is 5. The molecule has 0 aromatic heterocycles. The summed E-state index contributed by atoms with van der Waals surface area (Å²) in [4.78, 5) is 2.70. The second kappa shape index (κ2) is 6.37. The lowest BCUT2D eigenvalue weighted by Crippen LogP contribution is -2.14. The lowest BCUT2D eigenvalue weighted by Gasteiger charge is -2.23. The van der Waals surface area contributed by atoms with Gasteiger partial charge in [0.05, 0.1) is 0 Å². The molecule has 0 bridgehead atoms. The van der Waals surface area contributed by atoms with E-state index in [-0.39, 0.29) is 5.41 Å². The first-order chi connectivity index (χ1) is 15.6. The zero-order valence-corrected chi connectivity index (χ0v) is 19.0. The number of hydrogen-bond donors (Lipinski definition) is 0. The molecule has 0 N–H and O–H groups in total. The van der Waals surface area contributed by atoms with Gasteiger partial charge in [-0.05, 0) is 62.0 Å². The van der Waals surface area contributed by atoms with E-state index in [9.17, 15) is 0 Å². The molecule has 0 atom stereocenters. The van der Waals surface area contributed by atoms with Crippen molar-refractivity contribution in [1.82, 2.24) is 0 Å². The maximum atomic E-state index is 2.35. The molecule has 0 fully saturated rings. The molecular weight excluding hydrogens is 404 g/mol. The number of hydrogen-bond acceptors (Lipinski definition) is 1. The van der Waals surface area contributed by atoms with Crippen LogP contribution in [0.3, 0.4) is 0 Å². The Bertz CT molecular complexity index is 1570. The molecule has 1 aliphatic carbocycles. The molecule has 5 aromatic rings. The van der Waals surface area contributed by atoms with Crippen LogP contribution in [0.4, 0.5) is 0 Å². The predicted octanol–water partition coefficient (Wildman–Crippen LogP) is 8.94. The Balaban J connectivity index is 1.56. The van der Waals surface area contributed by atoms with Crippen LogP contribution >= 0.6 is 11.8 Å². The summed E-state index contributed by atoms with van der Waals surface area (Å²) in [7, 11) is 0. The van der Waals surface area contributed by atoms with Gasteiger partial charge in [-0.15, -0.1) is 0 Å². The van der Waals surface area contributed by atoms with Gasteiger partial charge in [-0.3, -0.25) is 0 Å². The number of benzene rings is 5. The van der Waals surface area contributed by atoms with Crippen molar-refractivity contribution in [2.24, 2.45) is 0 Å². The first kappa shape index (κ1) is 18.3. The molecular formula is C31H22S. The molecule has 0 amide bonds. The van der Waals surface area contributed by atoms with Crippen LogP contribution in [0.2, 0.25) is 0 Å². The summed E-state index contributed by atoms with van der Waals surface area (Å²) in [6.45, 7) is 4.71. The monoisotopic (exact) mass is 426 g/mol. The number of rotatable bonds is 1. The van der Waals surface area contributed by atoms with Gasteiger partial charge < -0.3 is 0 Å². The first-order valence-corrected chi connectivity index (χ1v) is 12.0. The van der Waals surface area contributed by atoms with Gasteiger partial charge in [-0.1, -0.05) is 111 Å². The van der Waals surface area contributed by atoms with Gasteiger partial charge in [0.15, 0.2) is 0 Å². The van der Waals surface area contributed by atoms with Gasteiger partial charge in [-0.2, -0.15) is 0 Å². The van der Waals surface area contributed by atoms with Crippen LogP contribution in [-0.2, 0) is 5.41 Å². The van der Waals surface area contributed by atoms with Crippen molar-refractivity contribution in [3.63, 3.8) is 0 Å². The minimum atomic E-state index is 0.0169. The van der Waals surface area contributed by atoms with E-state index in [1.165, 1.54) is 65.1 Å². The third-order valence-electron chi connectivity index (χ3n) is 7.30. The van der Waals surface area contributed by atoms with Gasteiger partial charge in [0, 0.05) is 20.6 Å².